The standard InChI is InChI=1S/C16H21N5O.2ClH/c22-16(15-7-3-4-8-18-15)19-9-13-5-1-2-6-14(13)10-21-12-17-11-20-21;;/h1-2,5-6,11-12,15,18H,3-4,7-10H2,(H,19,22);2*1H/t15-;;/m0../s1. The van der Waals surface area contributed by atoms with E-state index >= 15 is 0 Å². The molecule has 1 aromatic carbocycles. The molecule has 2 aromatic rings. The quantitative estimate of drug-likeness (QED) is 0.842. The lowest BCUT2D eigenvalue weighted by molar-refractivity contribution is -0.123. The number of halogens is 2. The van der Waals surface area contributed by atoms with E-state index in [2.05, 4.69) is 26.8 Å². The van der Waals surface area contributed by atoms with Gasteiger partial charge in [-0.1, -0.05) is 30.7 Å². The van der Waals surface area contributed by atoms with E-state index in [1.165, 1.54) is 6.33 Å². The number of amides is 1. The molecular weight excluding hydrogens is 349 g/mol. The molecule has 3 rings (SSSR count). The first-order valence-electron chi connectivity index (χ1n) is 7.73. The smallest absolute Gasteiger partial charge is 0.237 e. The fourth-order valence-electron chi connectivity index (χ4n) is 2.75. The largest absolute Gasteiger partial charge is 0.351 e. The molecule has 132 valence electrons. The van der Waals surface area contributed by atoms with Crippen molar-refractivity contribution in [2.45, 2.75) is 38.4 Å². The van der Waals surface area contributed by atoms with Crippen LogP contribution in [-0.2, 0) is 17.9 Å². The zero-order chi connectivity index (χ0) is 15.2. The van der Waals surface area contributed by atoms with Gasteiger partial charge < -0.3 is 10.6 Å². The van der Waals surface area contributed by atoms with Crippen LogP contribution in [0.2, 0.25) is 0 Å². The Morgan fingerprint density at radius 1 is 1.25 bits per heavy atom. The summed E-state index contributed by atoms with van der Waals surface area (Å²) in [6, 6.07) is 8.05. The number of benzene rings is 1. The molecule has 0 unspecified atom stereocenters. The predicted octanol–water partition coefficient (Wildman–Crippen LogP) is 1.93. The third kappa shape index (κ3) is 5.47. The highest BCUT2D eigenvalue weighted by Gasteiger charge is 2.20. The second kappa shape index (κ2) is 10.3. The van der Waals surface area contributed by atoms with Gasteiger partial charge >= 0.3 is 0 Å². The van der Waals surface area contributed by atoms with Crippen molar-refractivity contribution in [3.63, 3.8) is 0 Å². The summed E-state index contributed by atoms with van der Waals surface area (Å²) < 4.78 is 1.78. The van der Waals surface area contributed by atoms with Crippen molar-refractivity contribution >= 4 is 30.7 Å². The summed E-state index contributed by atoms with van der Waals surface area (Å²) in [5, 5.41) is 10.4. The molecular formula is C16H23Cl2N5O. The highest BCUT2D eigenvalue weighted by molar-refractivity contribution is 5.85. The number of carbonyl (C=O) groups excluding carboxylic acids is 1. The highest BCUT2D eigenvalue weighted by atomic mass is 35.5. The Labute approximate surface area is 154 Å². The van der Waals surface area contributed by atoms with Crippen LogP contribution in [0.3, 0.4) is 0 Å². The maximum Gasteiger partial charge on any atom is 0.237 e. The summed E-state index contributed by atoms with van der Waals surface area (Å²) in [7, 11) is 0. The van der Waals surface area contributed by atoms with E-state index in [4.69, 9.17) is 0 Å². The number of piperidine rings is 1. The Hall–Kier alpha value is -1.63. The lowest BCUT2D eigenvalue weighted by Gasteiger charge is -2.22. The zero-order valence-corrected chi connectivity index (χ0v) is 15.0. The second-order valence-electron chi connectivity index (χ2n) is 5.58. The molecule has 0 spiro atoms. The van der Waals surface area contributed by atoms with Crippen LogP contribution in [-0.4, -0.2) is 33.3 Å². The van der Waals surface area contributed by atoms with Crippen LogP contribution in [0, 0.1) is 0 Å². The molecule has 1 amide bonds. The van der Waals surface area contributed by atoms with Gasteiger partial charge in [-0.3, -0.25) is 4.79 Å². The van der Waals surface area contributed by atoms with Crippen molar-refractivity contribution in [2.75, 3.05) is 6.54 Å². The van der Waals surface area contributed by atoms with Crippen molar-refractivity contribution < 1.29 is 4.79 Å². The minimum absolute atomic E-state index is 0. The molecule has 2 heterocycles. The van der Waals surface area contributed by atoms with Crippen LogP contribution in [0.5, 0.6) is 0 Å². The Morgan fingerprint density at radius 3 is 2.71 bits per heavy atom. The Bertz CT molecular complexity index is 615. The van der Waals surface area contributed by atoms with E-state index in [1.807, 2.05) is 18.2 Å². The molecule has 1 atom stereocenters. The Kier molecular flexibility index (Phi) is 8.74. The molecule has 1 aliphatic heterocycles. The first-order chi connectivity index (χ1) is 10.8. The van der Waals surface area contributed by atoms with Crippen LogP contribution in [0.1, 0.15) is 30.4 Å². The van der Waals surface area contributed by atoms with E-state index in [-0.39, 0.29) is 36.8 Å². The maximum atomic E-state index is 12.2. The van der Waals surface area contributed by atoms with Crippen LogP contribution >= 0.6 is 24.8 Å². The second-order valence-corrected chi connectivity index (χ2v) is 5.58. The number of aromatic nitrogens is 3. The van der Waals surface area contributed by atoms with Gasteiger partial charge in [0.2, 0.25) is 5.91 Å². The molecule has 1 aromatic heterocycles. The molecule has 1 fully saturated rings. The number of nitrogens with zero attached hydrogens (tertiary/aromatic N) is 3. The Balaban J connectivity index is 0.00000144. The topological polar surface area (TPSA) is 71.8 Å². The van der Waals surface area contributed by atoms with E-state index in [1.54, 1.807) is 11.0 Å². The highest BCUT2D eigenvalue weighted by Crippen LogP contribution is 2.11. The van der Waals surface area contributed by atoms with Crippen molar-refractivity contribution in [2.24, 2.45) is 0 Å². The summed E-state index contributed by atoms with van der Waals surface area (Å²) in [5.74, 6) is 0.0928. The van der Waals surface area contributed by atoms with Gasteiger partial charge in [0.25, 0.3) is 0 Å². The molecule has 0 radical (unpaired) electrons. The minimum Gasteiger partial charge on any atom is -0.351 e. The summed E-state index contributed by atoms with van der Waals surface area (Å²) in [5.41, 5.74) is 2.26. The molecule has 24 heavy (non-hydrogen) atoms. The molecule has 2 N–H and O–H groups in total. The van der Waals surface area contributed by atoms with E-state index in [0.29, 0.717) is 13.1 Å². The monoisotopic (exact) mass is 371 g/mol. The number of rotatable bonds is 5. The Morgan fingerprint density at radius 2 is 2.04 bits per heavy atom. The third-order valence-corrected chi connectivity index (χ3v) is 4.00. The predicted molar refractivity (Wildman–Crippen MR) is 97.6 cm³/mol. The number of hydrogen-bond donors (Lipinski definition) is 2. The summed E-state index contributed by atoms with van der Waals surface area (Å²) >= 11 is 0. The summed E-state index contributed by atoms with van der Waals surface area (Å²) in [6.07, 6.45) is 6.42. The van der Waals surface area contributed by atoms with Crippen molar-refractivity contribution in [3.05, 3.63) is 48.0 Å². The average Bonchev–Trinajstić information content (AvgIpc) is 3.07. The van der Waals surface area contributed by atoms with Gasteiger partial charge in [-0.25, -0.2) is 9.67 Å². The van der Waals surface area contributed by atoms with E-state index in [0.717, 1.165) is 36.9 Å². The van der Waals surface area contributed by atoms with Gasteiger partial charge in [0.15, 0.2) is 0 Å². The van der Waals surface area contributed by atoms with Crippen molar-refractivity contribution in [1.29, 1.82) is 0 Å². The zero-order valence-electron chi connectivity index (χ0n) is 13.4. The molecule has 0 saturated carbocycles. The maximum absolute atomic E-state index is 12.2. The van der Waals surface area contributed by atoms with E-state index < -0.39 is 0 Å². The van der Waals surface area contributed by atoms with Gasteiger partial charge in [-0.2, -0.15) is 5.10 Å². The number of nitrogens with one attached hydrogen (secondary N) is 2. The first-order valence-corrected chi connectivity index (χ1v) is 7.73. The summed E-state index contributed by atoms with van der Waals surface area (Å²) in [6.45, 7) is 2.14. The lowest BCUT2D eigenvalue weighted by atomic mass is 10.0. The molecule has 1 aliphatic rings. The van der Waals surface area contributed by atoms with E-state index in [9.17, 15) is 4.79 Å². The fourth-order valence-corrected chi connectivity index (χ4v) is 2.75. The van der Waals surface area contributed by atoms with Crippen LogP contribution in [0.25, 0.3) is 0 Å². The van der Waals surface area contributed by atoms with Crippen LogP contribution in [0.15, 0.2) is 36.9 Å². The molecule has 6 nitrogen and oxygen atoms in total. The SMILES string of the molecule is Cl.Cl.O=C(NCc1ccccc1Cn1cncn1)[C@@H]1CCCCN1. The molecule has 0 bridgehead atoms. The summed E-state index contributed by atoms with van der Waals surface area (Å²) in [4.78, 5) is 16.2. The van der Waals surface area contributed by atoms with Gasteiger partial charge in [0.1, 0.15) is 12.7 Å². The minimum atomic E-state index is -0.0452. The van der Waals surface area contributed by atoms with Gasteiger partial charge in [0, 0.05) is 6.54 Å². The van der Waals surface area contributed by atoms with Gasteiger partial charge in [-0.15, -0.1) is 24.8 Å². The lowest BCUT2D eigenvalue weighted by Crippen LogP contribution is -2.46. The number of hydrogen-bond acceptors (Lipinski definition) is 4. The molecule has 0 aliphatic carbocycles. The van der Waals surface area contributed by atoms with Crippen molar-refractivity contribution in [1.82, 2.24) is 25.4 Å². The van der Waals surface area contributed by atoms with Gasteiger partial charge in [-0.05, 0) is 30.5 Å². The van der Waals surface area contributed by atoms with Crippen LogP contribution < -0.4 is 10.6 Å². The average molecular weight is 372 g/mol. The van der Waals surface area contributed by atoms with Crippen molar-refractivity contribution in [3.8, 4) is 0 Å². The third-order valence-electron chi connectivity index (χ3n) is 4.00. The first kappa shape index (κ1) is 20.4. The normalized spacial score (nSPS) is 16.6. The molecule has 8 heteroatoms. The van der Waals surface area contributed by atoms with Gasteiger partial charge in [0.05, 0.1) is 12.6 Å². The number of carbonyl (C=O) groups is 1. The molecule has 1 saturated heterocycles. The van der Waals surface area contributed by atoms with Crippen LogP contribution in [0.4, 0.5) is 0 Å². The fraction of sp³-hybridized carbons (Fsp3) is 0.438.